The molecule has 0 atom stereocenters. The van der Waals surface area contributed by atoms with E-state index in [0.29, 0.717) is 13.2 Å². The third kappa shape index (κ3) is 4.73. The van der Waals surface area contributed by atoms with E-state index in [1.807, 2.05) is 0 Å². The Morgan fingerprint density at radius 1 is 1.37 bits per heavy atom. The molecule has 0 spiro atoms. The summed E-state index contributed by atoms with van der Waals surface area (Å²) in [6, 6.07) is 4.64. The van der Waals surface area contributed by atoms with E-state index < -0.39 is 6.61 Å². The Morgan fingerprint density at radius 2 is 2.05 bits per heavy atom. The highest BCUT2D eigenvalue weighted by Gasteiger charge is 2.12. The van der Waals surface area contributed by atoms with Crippen LogP contribution in [0.15, 0.2) is 18.2 Å². The van der Waals surface area contributed by atoms with Crippen molar-refractivity contribution in [1.82, 2.24) is 4.90 Å². The molecule has 106 valence electrons. The summed E-state index contributed by atoms with van der Waals surface area (Å²) >= 11 is 0. The number of amides is 1. The van der Waals surface area contributed by atoms with Crippen LogP contribution >= 0.6 is 0 Å². The molecule has 0 aliphatic carbocycles. The monoisotopic (exact) mass is 273 g/mol. The quantitative estimate of drug-likeness (QED) is 0.800. The predicted octanol–water partition coefficient (Wildman–Crippen LogP) is 2.67. The standard InChI is InChI=1S/C13H17F2NO3/c1-4-18-12-7-10(8-16(3)9(2)17)5-6-11(12)19-13(14)15/h5-7,13H,4,8H2,1-3H3. The summed E-state index contributed by atoms with van der Waals surface area (Å²) in [5.41, 5.74) is 0.780. The fraction of sp³-hybridized carbons (Fsp3) is 0.462. The van der Waals surface area contributed by atoms with E-state index >= 15 is 0 Å². The molecule has 0 aliphatic heterocycles. The summed E-state index contributed by atoms with van der Waals surface area (Å²) in [6.07, 6.45) is 0. The van der Waals surface area contributed by atoms with Gasteiger partial charge in [-0.05, 0) is 24.6 Å². The van der Waals surface area contributed by atoms with Crippen molar-refractivity contribution in [1.29, 1.82) is 0 Å². The summed E-state index contributed by atoms with van der Waals surface area (Å²) in [6.45, 7) is 1.03. The van der Waals surface area contributed by atoms with Gasteiger partial charge in [0, 0.05) is 20.5 Å². The number of hydrogen-bond donors (Lipinski definition) is 0. The van der Waals surface area contributed by atoms with Crippen LogP contribution in [0, 0.1) is 0 Å². The average Bonchev–Trinajstić information content (AvgIpc) is 2.32. The third-order valence-corrected chi connectivity index (χ3v) is 2.48. The van der Waals surface area contributed by atoms with Gasteiger partial charge in [0.1, 0.15) is 0 Å². The lowest BCUT2D eigenvalue weighted by molar-refractivity contribution is -0.128. The van der Waals surface area contributed by atoms with Crippen molar-refractivity contribution in [2.75, 3.05) is 13.7 Å². The SMILES string of the molecule is CCOc1cc(CN(C)C(C)=O)ccc1OC(F)F. The number of hydrogen-bond acceptors (Lipinski definition) is 3. The second-order valence-electron chi connectivity index (χ2n) is 3.97. The maximum absolute atomic E-state index is 12.2. The molecule has 0 bridgehead atoms. The largest absolute Gasteiger partial charge is 0.490 e. The molecule has 1 rings (SSSR count). The number of ether oxygens (including phenoxy) is 2. The van der Waals surface area contributed by atoms with E-state index in [1.165, 1.54) is 17.9 Å². The van der Waals surface area contributed by atoms with Gasteiger partial charge in [-0.3, -0.25) is 4.79 Å². The summed E-state index contributed by atoms with van der Waals surface area (Å²) in [5.74, 6) is 0.161. The van der Waals surface area contributed by atoms with Gasteiger partial charge in [0.05, 0.1) is 6.61 Å². The molecule has 0 fully saturated rings. The lowest BCUT2D eigenvalue weighted by Gasteiger charge is -2.17. The molecule has 0 unspecified atom stereocenters. The number of nitrogens with zero attached hydrogens (tertiary/aromatic N) is 1. The first-order valence-corrected chi connectivity index (χ1v) is 5.86. The van der Waals surface area contributed by atoms with Crippen molar-refractivity contribution < 1.29 is 23.0 Å². The van der Waals surface area contributed by atoms with Crippen molar-refractivity contribution >= 4 is 5.91 Å². The molecular formula is C13H17F2NO3. The van der Waals surface area contributed by atoms with Crippen LogP contribution in [0.4, 0.5) is 8.78 Å². The summed E-state index contributed by atoms with van der Waals surface area (Å²) < 4.78 is 34.1. The van der Waals surface area contributed by atoms with Crippen LogP contribution < -0.4 is 9.47 Å². The molecular weight excluding hydrogens is 256 g/mol. The Hall–Kier alpha value is -1.85. The van der Waals surface area contributed by atoms with Crippen molar-refractivity contribution in [2.24, 2.45) is 0 Å². The lowest BCUT2D eigenvalue weighted by Crippen LogP contribution is -2.23. The normalized spacial score (nSPS) is 10.4. The molecule has 0 radical (unpaired) electrons. The third-order valence-electron chi connectivity index (χ3n) is 2.48. The van der Waals surface area contributed by atoms with Crippen LogP contribution in [0.3, 0.4) is 0 Å². The molecule has 0 aromatic heterocycles. The van der Waals surface area contributed by atoms with Gasteiger partial charge in [0.15, 0.2) is 11.5 Å². The Kier molecular flexibility index (Phi) is 5.54. The molecule has 0 aliphatic rings. The first-order chi connectivity index (χ1) is 8.93. The topological polar surface area (TPSA) is 38.8 Å². The zero-order chi connectivity index (χ0) is 14.4. The minimum absolute atomic E-state index is 0.00826. The fourth-order valence-electron chi connectivity index (χ4n) is 1.50. The van der Waals surface area contributed by atoms with Crippen molar-refractivity contribution in [3.8, 4) is 11.5 Å². The number of rotatable bonds is 6. The molecule has 0 saturated heterocycles. The van der Waals surface area contributed by atoms with Crippen LogP contribution in [0.2, 0.25) is 0 Å². The predicted molar refractivity (Wildman–Crippen MR) is 66.4 cm³/mol. The first kappa shape index (κ1) is 15.2. The Labute approximate surface area is 110 Å². The summed E-state index contributed by atoms with van der Waals surface area (Å²) in [4.78, 5) is 12.7. The molecule has 1 amide bonds. The molecule has 4 nitrogen and oxygen atoms in total. The number of halogens is 2. The fourth-order valence-corrected chi connectivity index (χ4v) is 1.50. The Morgan fingerprint density at radius 3 is 2.58 bits per heavy atom. The smallest absolute Gasteiger partial charge is 0.387 e. The van der Waals surface area contributed by atoms with E-state index in [2.05, 4.69) is 4.74 Å². The number of carbonyl (C=O) groups is 1. The van der Waals surface area contributed by atoms with Crippen molar-refractivity contribution in [3.63, 3.8) is 0 Å². The van der Waals surface area contributed by atoms with E-state index in [0.717, 1.165) is 5.56 Å². The Balaban J connectivity index is 2.91. The lowest BCUT2D eigenvalue weighted by atomic mass is 10.2. The van der Waals surface area contributed by atoms with Crippen LogP contribution in [0.5, 0.6) is 11.5 Å². The zero-order valence-corrected chi connectivity index (χ0v) is 11.2. The molecule has 0 heterocycles. The van der Waals surface area contributed by atoms with E-state index in [9.17, 15) is 13.6 Å². The molecule has 19 heavy (non-hydrogen) atoms. The zero-order valence-electron chi connectivity index (χ0n) is 11.2. The van der Waals surface area contributed by atoms with Crippen molar-refractivity contribution in [3.05, 3.63) is 23.8 Å². The molecule has 6 heteroatoms. The van der Waals surface area contributed by atoms with Gasteiger partial charge in [-0.2, -0.15) is 8.78 Å². The summed E-state index contributed by atoms with van der Waals surface area (Å²) in [7, 11) is 1.66. The highest BCUT2D eigenvalue weighted by molar-refractivity contribution is 5.72. The van der Waals surface area contributed by atoms with Gasteiger partial charge < -0.3 is 14.4 Å². The minimum atomic E-state index is -2.90. The van der Waals surface area contributed by atoms with Crippen LogP contribution in [-0.4, -0.2) is 31.1 Å². The van der Waals surface area contributed by atoms with Crippen LogP contribution in [0.1, 0.15) is 19.4 Å². The number of benzene rings is 1. The minimum Gasteiger partial charge on any atom is -0.490 e. The average molecular weight is 273 g/mol. The number of alkyl halides is 2. The van der Waals surface area contributed by atoms with E-state index in [4.69, 9.17) is 4.74 Å². The second kappa shape index (κ2) is 6.92. The van der Waals surface area contributed by atoms with Gasteiger partial charge in [-0.25, -0.2) is 0 Å². The van der Waals surface area contributed by atoms with E-state index in [1.54, 1.807) is 26.1 Å². The van der Waals surface area contributed by atoms with Gasteiger partial charge in [-0.1, -0.05) is 6.07 Å². The highest BCUT2D eigenvalue weighted by Crippen LogP contribution is 2.30. The first-order valence-electron chi connectivity index (χ1n) is 5.86. The molecule has 1 aromatic carbocycles. The maximum Gasteiger partial charge on any atom is 0.387 e. The van der Waals surface area contributed by atoms with E-state index in [-0.39, 0.29) is 17.4 Å². The van der Waals surface area contributed by atoms with Gasteiger partial charge >= 0.3 is 6.61 Å². The van der Waals surface area contributed by atoms with Gasteiger partial charge in [-0.15, -0.1) is 0 Å². The molecule has 0 N–H and O–H groups in total. The second-order valence-corrected chi connectivity index (χ2v) is 3.97. The number of carbonyl (C=O) groups excluding carboxylic acids is 1. The highest BCUT2D eigenvalue weighted by atomic mass is 19.3. The molecule has 0 saturated carbocycles. The maximum atomic E-state index is 12.2. The Bertz CT molecular complexity index is 438. The van der Waals surface area contributed by atoms with Gasteiger partial charge in [0.2, 0.25) is 5.91 Å². The van der Waals surface area contributed by atoms with Crippen molar-refractivity contribution in [2.45, 2.75) is 27.0 Å². The van der Waals surface area contributed by atoms with Crippen LogP contribution in [0.25, 0.3) is 0 Å². The molecule has 1 aromatic rings. The summed E-state index contributed by atoms with van der Waals surface area (Å²) in [5, 5.41) is 0. The van der Waals surface area contributed by atoms with Gasteiger partial charge in [0.25, 0.3) is 0 Å². The van der Waals surface area contributed by atoms with Crippen LogP contribution in [-0.2, 0) is 11.3 Å².